The fraction of sp³-hybridized carbons (Fsp3) is 0.714. The van der Waals surface area contributed by atoms with Crippen LogP contribution < -0.4 is 0 Å². The van der Waals surface area contributed by atoms with Gasteiger partial charge in [-0.05, 0) is 12.5 Å². The van der Waals surface area contributed by atoms with Crippen LogP contribution >= 0.6 is 0 Å². The van der Waals surface area contributed by atoms with Crippen molar-refractivity contribution in [2.75, 3.05) is 0 Å². The second-order valence-corrected chi connectivity index (χ2v) is 5.51. The highest BCUT2D eigenvalue weighted by molar-refractivity contribution is 6.58. The Balaban J connectivity index is 2.29. The van der Waals surface area contributed by atoms with Gasteiger partial charge in [0.15, 0.2) is 0 Å². The molecule has 0 radical (unpaired) electrons. The molecule has 0 spiro atoms. The number of esters is 1. The Labute approximate surface area is 72.6 Å². The maximum atomic E-state index is 10.6. The van der Waals surface area contributed by atoms with Crippen molar-refractivity contribution in [1.82, 2.24) is 0 Å². The number of carbonyl (C=O) groups is 2. The second kappa shape index (κ2) is 3.71. The number of carbonyl (C=O) groups excluding carboxylic acids is 2. The van der Waals surface area contributed by atoms with Gasteiger partial charge in [0.05, 0.1) is 0 Å². The van der Waals surface area contributed by atoms with Gasteiger partial charge in [-0.2, -0.15) is 0 Å². The Morgan fingerprint density at radius 1 is 1.33 bits per heavy atom. The molecule has 0 aromatic heterocycles. The average molecular weight is 188 g/mol. The number of ether oxygens (including phenoxy) is 1. The van der Waals surface area contributed by atoms with E-state index in [-0.39, 0.29) is 17.7 Å². The Kier molecular flexibility index (Phi) is 2.86. The molecule has 0 bridgehead atoms. The van der Waals surface area contributed by atoms with E-state index in [4.69, 9.17) is 9.16 Å². The summed E-state index contributed by atoms with van der Waals surface area (Å²) in [6.07, 6.45) is 0.851. The summed E-state index contributed by atoms with van der Waals surface area (Å²) in [5.74, 6) is -0.548. The Morgan fingerprint density at radius 2 is 2.00 bits per heavy atom. The highest BCUT2D eigenvalue weighted by Gasteiger charge is 2.38. The monoisotopic (exact) mass is 188 g/mol. The van der Waals surface area contributed by atoms with E-state index in [9.17, 15) is 9.59 Å². The van der Waals surface area contributed by atoms with E-state index in [1.54, 1.807) is 0 Å². The van der Waals surface area contributed by atoms with Crippen LogP contribution in [0.25, 0.3) is 0 Å². The summed E-state index contributed by atoms with van der Waals surface area (Å²) >= 11 is 0. The van der Waals surface area contributed by atoms with Crippen LogP contribution in [0.5, 0.6) is 0 Å². The van der Waals surface area contributed by atoms with E-state index in [1.165, 1.54) is 13.8 Å². The third kappa shape index (κ3) is 2.33. The minimum Gasteiger partial charge on any atom is -0.518 e. The Morgan fingerprint density at radius 3 is 2.33 bits per heavy atom. The fourth-order valence-corrected chi connectivity index (χ4v) is 3.05. The van der Waals surface area contributed by atoms with Crippen LogP contribution in [0.15, 0.2) is 0 Å². The number of hydrogen-bond acceptors (Lipinski definition) is 4. The van der Waals surface area contributed by atoms with Gasteiger partial charge in [-0.25, -0.2) is 0 Å². The summed E-state index contributed by atoms with van der Waals surface area (Å²) in [6, 6.07) is 0.928. The van der Waals surface area contributed by atoms with Crippen LogP contribution in [-0.2, 0) is 18.8 Å². The topological polar surface area (TPSA) is 52.6 Å². The molecule has 68 valence electrons. The zero-order valence-corrected chi connectivity index (χ0v) is 8.36. The van der Waals surface area contributed by atoms with Crippen molar-refractivity contribution in [2.24, 2.45) is 0 Å². The van der Waals surface area contributed by atoms with Crippen LogP contribution in [0, 0.1) is 0 Å². The van der Waals surface area contributed by atoms with Gasteiger partial charge in [-0.15, -0.1) is 0 Å². The van der Waals surface area contributed by atoms with Gasteiger partial charge in [-0.1, -0.05) is 0 Å². The smallest absolute Gasteiger partial charge is 0.302 e. The Bertz CT molecular complexity index is 182. The summed E-state index contributed by atoms with van der Waals surface area (Å²) in [4.78, 5) is 21.1. The highest BCUT2D eigenvalue weighted by Crippen LogP contribution is 2.24. The van der Waals surface area contributed by atoms with E-state index in [0.717, 1.165) is 12.5 Å². The van der Waals surface area contributed by atoms with Gasteiger partial charge >= 0.3 is 5.97 Å². The molecular weight excluding hydrogens is 176 g/mol. The van der Waals surface area contributed by atoms with Crippen LogP contribution in [0.1, 0.15) is 20.3 Å². The van der Waals surface area contributed by atoms with E-state index in [2.05, 4.69) is 0 Å². The molecule has 1 saturated heterocycles. The molecule has 1 fully saturated rings. The SMILES string of the molecule is CC(=O)OC1CC[SiH]1OC(C)=O. The van der Waals surface area contributed by atoms with Crippen molar-refractivity contribution in [2.45, 2.75) is 32.0 Å². The molecule has 12 heavy (non-hydrogen) atoms. The molecule has 2 unspecified atom stereocenters. The van der Waals surface area contributed by atoms with Gasteiger partial charge in [-0.3, -0.25) is 9.59 Å². The van der Waals surface area contributed by atoms with Crippen molar-refractivity contribution < 1.29 is 18.8 Å². The molecule has 1 aliphatic rings. The molecule has 1 heterocycles. The first kappa shape index (κ1) is 9.25. The van der Waals surface area contributed by atoms with Crippen LogP contribution in [0.3, 0.4) is 0 Å². The maximum Gasteiger partial charge on any atom is 0.302 e. The highest BCUT2D eigenvalue weighted by atomic mass is 28.3. The lowest BCUT2D eigenvalue weighted by Gasteiger charge is -2.32. The fourth-order valence-electron chi connectivity index (χ4n) is 1.13. The molecule has 5 heteroatoms. The van der Waals surface area contributed by atoms with Crippen molar-refractivity contribution in [3.05, 3.63) is 0 Å². The van der Waals surface area contributed by atoms with E-state index in [1.807, 2.05) is 0 Å². The molecule has 0 amide bonds. The molecule has 0 N–H and O–H groups in total. The maximum absolute atomic E-state index is 10.6. The quantitative estimate of drug-likeness (QED) is 0.457. The number of hydrogen-bond donors (Lipinski definition) is 0. The van der Waals surface area contributed by atoms with Crippen molar-refractivity contribution in [3.8, 4) is 0 Å². The zero-order valence-electron chi connectivity index (χ0n) is 7.20. The van der Waals surface area contributed by atoms with E-state index < -0.39 is 9.04 Å². The third-order valence-electron chi connectivity index (χ3n) is 1.79. The summed E-state index contributed by atoms with van der Waals surface area (Å²) in [6.45, 7) is 2.76. The van der Waals surface area contributed by atoms with Crippen molar-refractivity contribution in [3.63, 3.8) is 0 Å². The predicted octanol–water partition coefficient (Wildman–Crippen LogP) is 0.148. The molecule has 1 rings (SSSR count). The third-order valence-corrected chi connectivity index (χ3v) is 4.62. The van der Waals surface area contributed by atoms with Crippen LogP contribution in [0.2, 0.25) is 6.04 Å². The second-order valence-electron chi connectivity index (χ2n) is 2.87. The molecule has 0 aromatic rings. The van der Waals surface area contributed by atoms with Crippen molar-refractivity contribution in [1.29, 1.82) is 0 Å². The lowest BCUT2D eigenvalue weighted by atomic mass is 10.5. The first-order valence-corrected chi connectivity index (χ1v) is 5.89. The standard InChI is InChI=1S/C7H12O4Si/c1-5(8)10-7-3-4-12(7)11-6(2)9/h7,12H,3-4H2,1-2H3. The van der Waals surface area contributed by atoms with Crippen LogP contribution in [-0.4, -0.2) is 26.7 Å². The number of rotatable bonds is 2. The largest absolute Gasteiger partial charge is 0.518 e. The summed E-state index contributed by atoms with van der Waals surface area (Å²) in [7, 11) is -1.52. The zero-order chi connectivity index (χ0) is 9.14. The van der Waals surface area contributed by atoms with Gasteiger partial charge in [0.1, 0.15) is 5.73 Å². The van der Waals surface area contributed by atoms with Gasteiger partial charge < -0.3 is 9.16 Å². The lowest BCUT2D eigenvalue weighted by molar-refractivity contribution is -0.146. The average Bonchev–Trinajstić information content (AvgIpc) is 1.93. The molecule has 4 nitrogen and oxygen atoms in total. The normalized spacial score (nSPS) is 27.2. The van der Waals surface area contributed by atoms with Crippen LogP contribution in [0.4, 0.5) is 0 Å². The Hall–Kier alpha value is -0.843. The first-order chi connectivity index (χ1) is 5.59. The molecule has 0 aromatic carbocycles. The minimum absolute atomic E-state index is 0.0774. The van der Waals surface area contributed by atoms with E-state index >= 15 is 0 Å². The summed E-state index contributed by atoms with van der Waals surface area (Å²) < 4.78 is 9.97. The molecule has 0 saturated carbocycles. The predicted molar refractivity (Wildman–Crippen MR) is 43.9 cm³/mol. The molecular formula is C7H12O4Si. The summed E-state index contributed by atoms with van der Waals surface area (Å²) in [5, 5.41) is 0. The summed E-state index contributed by atoms with van der Waals surface area (Å²) in [5.41, 5.74) is -0.0774. The van der Waals surface area contributed by atoms with Gasteiger partial charge in [0, 0.05) is 13.8 Å². The van der Waals surface area contributed by atoms with Gasteiger partial charge in [0.25, 0.3) is 15.0 Å². The van der Waals surface area contributed by atoms with Gasteiger partial charge in [0.2, 0.25) is 0 Å². The molecule has 0 aliphatic carbocycles. The van der Waals surface area contributed by atoms with E-state index in [0.29, 0.717) is 0 Å². The van der Waals surface area contributed by atoms with Crippen molar-refractivity contribution >= 4 is 21.0 Å². The first-order valence-electron chi connectivity index (χ1n) is 3.94. The molecule has 2 atom stereocenters. The lowest BCUT2D eigenvalue weighted by Crippen LogP contribution is -2.47. The molecule has 1 aliphatic heterocycles. The minimum atomic E-state index is -1.52.